The zero-order valence-corrected chi connectivity index (χ0v) is 8.85. The van der Waals surface area contributed by atoms with Crippen LogP contribution < -0.4 is 0 Å². The van der Waals surface area contributed by atoms with Crippen LogP contribution in [0.1, 0.15) is 13.3 Å². The summed E-state index contributed by atoms with van der Waals surface area (Å²) in [7, 11) is -1.91. The van der Waals surface area contributed by atoms with Crippen molar-refractivity contribution in [3.63, 3.8) is 0 Å². The van der Waals surface area contributed by atoms with Gasteiger partial charge in [-0.15, -0.1) is 0 Å². The molecule has 0 N–H and O–H groups in total. The lowest BCUT2D eigenvalue weighted by Crippen LogP contribution is -2.32. The second-order valence-corrected chi connectivity index (χ2v) is 4.27. The smallest absolute Gasteiger partial charge is 0.312 e. The first kappa shape index (κ1) is 13.1. The molecule has 1 rings (SSSR count). The maximum absolute atomic E-state index is 12.4. The summed E-state index contributed by atoms with van der Waals surface area (Å²) in [6.07, 6.45) is -3.27. The predicted octanol–water partition coefficient (Wildman–Crippen LogP) is 2.96. The van der Waals surface area contributed by atoms with Crippen molar-refractivity contribution in [3.05, 3.63) is 0 Å². The van der Waals surface area contributed by atoms with Crippen LogP contribution in [0.4, 0.5) is 17.6 Å². The van der Waals surface area contributed by atoms with Gasteiger partial charge in [-0.05, 0) is 13.3 Å². The molecule has 3 nitrogen and oxygen atoms in total. The van der Waals surface area contributed by atoms with Crippen molar-refractivity contribution < 1.29 is 31.1 Å². The maximum atomic E-state index is 12.4. The maximum Gasteiger partial charge on any atom is 0.333 e. The molecule has 0 aromatic heterocycles. The lowest BCUT2D eigenvalue weighted by molar-refractivity contribution is -0.151. The molecule has 8 heteroatoms. The molecule has 15 heavy (non-hydrogen) atoms. The third kappa shape index (κ3) is 4.18. The Balaban J connectivity index is 2.30. The van der Waals surface area contributed by atoms with Crippen LogP contribution in [0.25, 0.3) is 0 Å². The highest BCUT2D eigenvalue weighted by Gasteiger charge is 2.42. The largest absolute Gasteiger partial charge is 0.333 e. The van der Waals surface area contributed by atoms with Crippen LogP contribution >= 0.6 is 8.60 Å². The van der Waals surface area contributed by atoms with Gasteiger partial charge in [0.25, 0.3) is 0 Å². The Kier molecular flexibility index (Phi) is 4.70. The van der Waals surface area contributed by atoms with E-state index in [4.69, 9.17) is 9.05 Å². The molecule has 1 heterocycles. The van der Waals surface area contributed by atoms with Crippen LogP contribution in [-0.2, 0) is 13.6 Å². The third-order valence-electron chi connectivity index (χ3n) is 1.67. The highest BCUT2D eigenvalue weighted by atomic mass is 31.2. The molecule has 1 aliphatic rings. The van der Waals surface area contributed by atoms with E-state index in [9.17, 15) is 17.6 Å². The minimum absolute atomic E-state index is 0.162. The molecule has 0 aromatic rings. The lowest BCUT2D eigenvalue weighted by Gasteiger charge is -2.26. The van der Waals surface area contributed by atoms with Gasteiger partial charge in [-0.2, -0.15) is 8.78 Å². The Hall–Kier alpha value is 0.0300. The second kappa shape index (κ2) is 5.39. The standard InChI is InChI=1S/C7H11F4O3P/c1-5-2-3-12-15(14-5)13-4-7(10,11)6(8)9/h5-6H,2-4H2,1H3. The van der Waals surface area contributed by atoms with Gasteiger partial charge in [-0.25, -0.2) is 8.78 Å². The number of rotatable bonds is 4. The van der Waals surface area contributed by atoms with Crippen LogP contribution in [0, 0.1) is 0 Å². The van der Waals surface area contributed by atoms with E-state index in [1.807, 2.05) is 0 Å². The van der Waals surface area contributed by atoms with Crippen molar-refractivity contribution in [2.75, 3.05) is 13.2 Å². The van der Waals surface area contributed by atoms with Crippen LogP contribution in [0.5, 0.6) is 0 Å². The van der Waals surface area contributed by atoms with Gasteiger partial charge in [0, 0.05) is 0 Å². The van der Waals surface area contributed by atoms with Crippen LogP contribution in [0.15, 0.2) is 0 Å². The average Bonchev–Trinajstić information content (AvgIpc) is 2.15. The molecule has 0 bridgehead atoms. The summed E-state index contributed by atoms with van der Waals surface area (Å²) >= 11 is 0. The summed E-state index contributed by atoms with van der Waals surface area (Å²) in [5.74, 6) is -4.16. The summed E-state index contributed by atoms with van der Waals surface area (Å²) in [5.41, 5.74) is 0. The molecule has 0 saturated carbocycles. The first-order chi connectivity index (χ1) is 6.92. The fourth-order valence-corrected chi connectivity index (χ4v) is 1.92. The summed E-state index contributed by atoms with van der Waals surface area (Å²) in [6.45, 7) is 0.669. The molecule has 0 spiro atoms. The SMILES string of the molecule is CC1CCOP(OCC(F)(F)C(F)F)O1. The highest BCUT2D eigenvalue weighted by molar-refractivity contribution is 7.41. The van der Waals surface area contributed by atoms with Crippen molar-refractivity contribution in [1.29, 1.82) is 0 Å². The Morgan fingerprint density at radius 3 is 2.73 bits per heavy atom. The van der Waals surface area contributed by atoms with E-state index in [0.717, 1.165) is 0 Å². The van der Waals surface area contributed by atoms with Gasteiger partial charge in [0.2, 0.25) is 0 Å². The van der Waals surface area contributed by atoms with Crippen molar-refractivity contribution in [3.8, 4) is 0 Å². The molecule has 2 unspecified atom stereocenters. The number of halogens is 4. The minimum atomic E-state index is -4.16. The van der Waals surface area contributed by atoms with Crippen molar-refractivity contribution in [2.45, 2.75) is 31.8 Å². The summed E-state index contributed by atoms with van der Waals surface area (Å²) in [4.78, 5) is 0. The second-order valence-electron chi connectivity index (χ2n) is 3.10. The minimum Gasteiger partial charge on any atom is -0.312 e. The number of hydrogen-bond acceptors (Lipinski definition) is 3. The Labute approximate surface area is 85.7 Å². The number of alkyl halides is 4. The summed E-state index contributed by atoms with van der Waals surface area (Å²) in [5, 5.41) is 0. The molecule has 1 saturated heterocycles. The zero-order valence-electron chi connectivity index (χ0n) is 7.96. The molecule has 2 atom stereocenters. The van der Waals surface area contributed by atoms with E-state index in [0.29, 0.717) is 13.0 Å². The third-order valence-corrected chi connectivity index (χ3v) is 2.93. The number of hydrogen-bond donors (Lipinski definition) is 0. The molecular weight excluding hydrogens is 239 g/mol. The van der Waals surface area contributed by atoms with Gasteiger partial charge in [-0.1, -0.05) is 0 Å². The molecule has 1 aliphatic heterocycles. The van der Waals surface area contributed by atoms with Gasteiger partial charge < -0.3 is 13.6 Å². The first-order valence-corrected chi connectivity index (χ1v) is 5.40. The molecule has 0 amide bonds. The van der Waals surface area contributed by atoms with Crippen LogP contribution in [-0.4, -0.2) is 31.7 Å². The van der Waals surface area contributed by atoms with E-state index in [2.05, 4.69) is 4.52 Å². The van der Waals surface area contributed by atoms with Gasteiger partial charge >= 0.3 is 21.0 Å². The predicted molar refractivity (Wildman–Crippen MR) is 44.9 cm³/mol. The molecular formula is C7H11F4O3P. The summed E-state index contributed by atoms with van der Waals surface area (Å²) in [6, 6.07) is 0. The zero-order chi connectivity index (χ0) is 11.5. The lowest BCUT2D eigenvalue weighted by atomic mass is 10.3. The van der Waals surface area contributed by atoms with Gasteiger partial charge in [-0.3, -0.25) is 0 Å². The van der Waals surface area contributed by atoms with Gasteiger partial charge in [0.05, 0.1) is 12.7 Å². The highest BCUT2D eigenvalue weighted by Crippen LogP contribution is 2.46. The average molecular weight is 250 g/mol. The van der Waals surface area contributed by atoms with Crippen LogP contribution in [0.2, 0.25) is 0 Å². The van der Waals surface area contributed by atoms with Crippen molar-refractivity contribution in [2.24, 2.45) is 0 Å². The fourth-order valence-electron chi connectivity index (χ4n) is 0.793. The van der Waals surface area contributed by atoms with Gasteiger partial charge in [0.15, 0.2) is 0 Å². The normalized spacial score (nSPS) is 28.4. The molecule has 90 valence electrons. The molecule has 1 fully saturated rings. The summed E-state index contributed by atoms with van der Waals surface area (Å²) < 4.78 is 62.7. The van der Waals surface area contributed by atoms with Crippen LogP contribution in [0.3, 0.4) is 0 Å². The monoisotopic (exact) mass is 250 g/mol. The van der Waals surface area contributed by atoms with E-state index in [-0.39, 0.29) is 6.10 Å². The van der Waals surface area contributed by atoms with Crippen molar-refractivity contribution >= 4 is 8.60 Å². The first-order valence-electron chi connectivity index (χ1n) is 4.30. The van der Waals surface area contributed by atoms with E-state index < -0.39 is 27.6 Å². The Bertz CT molecular complexity index is 205. The quantitative estimate of drug-likeness (QED) is 0.567. The van der Waals surface area contributed by atoms with E-state index in [1.165, 1.54) is 0 Å². The molecule has 0 aromatic carbocycles. The molecule has 0 aliphatic carbocycles. The van der Waals surface area contributed by atoms with Gasteiger partial charge in [0.1, 0.15) is 6.61 Å². The molecule has 0 radical (unpaired) electrons. The Morgan fingerprint density at radius 2 is 2.20 bits per heavy atom. The van der Waals surface area contributed by atoms with Crippen molar-refractivity contribution in [1.82, 2.24) is 0 Å². The Morgan fingerprint density at radius 1 is 1.53 bits per heavy atom. The van der Waals surface area contributed by atoms with E-state index in [1.54, 1.807) is 6.92 Å². The van der Waals surface area contributed by atoms with E-state index >= 15 is 0 Å². The fraction of sp³-hybridized carbons (Fsp3) is 1.00. The topological polar surface area (TPSA) is 27.7 Å².